The average molecular weight is 284 g/mol. The van der Waals surface area contributed by atoms with Crippen molar-refractivity contribution in [2.24, 2.45) is 0 Å². The fraction of sp³-hybridized carbons (Fsp3) is 0.824. The molecule has 0 spiro atoms. The van der Waals surface area contributed by atoms with Gasteiger partial charge in [-0.2, -0.15) is 0 Å². The van der Waals surface area contributed by atoms with Crippen LogP contribution in [0.15, 0.2) is 11.8 Å². The van der Waals surface area contributed by atoms with Crippen molar-refractivity contribution >= 4 is 5.97 Å². The van der Waals surface area contributed by atoms with E-state index < -0.39 is 0 Å². The van der Waals surface area contributed by atoms with Crippen LogP contribution in [-0.2, 0) is 14.3 Å². The first-order chi connectivity index (χ1) is 9.66. The molecular formula is C17H32O3. The highest BCUT2D eigenvalue weighted by Gasteiger charge is 2.02. The number of unbranched alkanes of at least 4 members (excludes halogenated alkanes) is 6. The van der Waals surface area contributed by atoms with Crippen molar-refractivity contribution in [3.8, 4) is 0 Å². The molecule has 0 radical (unpaired) electrons. The van der Waals surface area contributed by atoms with E-state index in [0.29, 0.717) is 19.6 Å². The lowest BCUT2D eigenvalue weighted by Gasteiger charge is -2.05. The van der Waals surface area contributed by atoms with Gasteiger partial charge in [0.15, 0.2) is 0 Å². The summed E-state index contributed by atoms with van der Waals surface area (Å²) in [6.45, 7) is 7.27. The van der Waals surface area contributed by atoms with Gasteiger partial charge in [-0.25, -0.2) is 0 Å². The monoisotopic (exact) mass is 284 g/mol. The van der Waals surface area contributed by atoms with Crippen LogP contribution in [0.4, 0.5) is 0 Å². The number of allylic oxidation sites excluding steroid dienone is 1. The zero-order valence-electron chi connectivity index (χ0n) is 13.6. The van der Waals surface area contributed by atoms with Gasteiger partial charge in [0.1, 0.15) is 0 Å². The first-order valence-corrected chi connectivity index (χ1v) is 8.07. The predicted octanol–water partition coefficient (Wildman–Crippen LogP) is 5.00. The molecule has 0 rings (SSSR count). The number of esters is 1. The quantitative estimate of drug-likeness (QED) is 0.271. The molecule has 0 unspecified atom stereocenters. The van der Waals surface area contributed by atoms with Gasteiger partial charge in [-0.15, -0.1) is 0 Å². The summed E-state index contributed by atoms with van der Waals surface area (Å²) in [5, 5.41) is 0. The topological polar surface area (TPSA) is 35.5 Å². The van der Waals surface area contributed by atoms with E-state index >= 15 is 0 Å². The van der Waals surface area contributed by atoms with Gasteiger partial charge < -0.3 is 9.47 Å². The minimum Gasteiger partial charge on any atom is -0.501 e. The molecule has 0 aromatic carbocycles. The lowest BCUT2D eigenvalue weighted by Crippen LogP contribution is -2.07. The lowest BCUT2D eigenvalue weighted by atomic mass is 10.1. The Kier molecular flexibility index (Phi) is 13.7. The molecule has 0 aliphatic heterocycles. The van der Waals surface area contributed by atoms with Crippen molar-refractivity contribution in [3.05, 3.63) is 11.8 Å². The van der Waals surface area contributed by atoms with E-state index in [4.69, 9.17) is 9.47 Å². The zero-order valence-corrected chi connectivity index (χ0v) is 13.6. The highest BCUT2D eigenvalue weighted by atomic mass is 16.5. The summed E-state index contributed by atoms with van der Waals surface area (Å²) >= 11 is 0. The molecular weight excluding hydrogens is 252 g/mol. The first-order valence-electron chi connectivity index (χ1n) is 8.07. The zero-order chi connectivity index (χ0) is 15.1. The lowest BCUT2D eigenvalue weighted by molar-refractivity contribution is -0.144. The van der Waals surface area contributed by atoms with Crippen molar-refractivity contribution < 1.29 is 14.3 Å². The third kappa shape index (κ3) is 15.1. The van der Waals surface area contributed by atoms with E-state index in [1.165, 1.54) is 32.1 Å². The second-order valence-electron chi connectivity index (χ2n) is 5.51. The minimum atomic E-state index is -0.0687. The summed E-state index contributed by atoms with van der Waals surface area (Å²) in [7, 11) is 0. The molecule has 0 aliphatic rings. The maximum absolute atomic E-state index is 11.4. The molecule has 0 aliphatic carbocycles. The molecule has 0 saturated heterocycles. The van der Waals surface area contributed by atoms with Gasteiger partial charge in [-0.1, -0.05) is 45.4 Å². The Labute approximate surface area is 124 Å². The molecule has 0 aromatic heterocycles. The third-order valence-electron chi connectivity index (χ3n) is 2.97. The Morgan fingerprint density at radius 1 is 0.900 bits per heavy atom. The Morgan fingerprint density at radius 2 is 1.55 bits per heavy atom. The maximum Gasteiger partial charge on any atom is 0.305 e. The van der Waals surface area contributed by atoms with E-state index in [1.54, 1.807) is 6.26 Å². The van der Waals surface area contributed by atoms with Gasteiger partial charge >= 0.3 is 5.97 Å². The standard InChI is InChI=1S/C17H32O3/c1-4-5-6-7-8-9-10-12-17(18)20-14-11-13-19-15-16(2)3/h15H,4-14H2,1-3H3. The van der Waals surface area contributed by atoms with Gasteiger partial charge in [-0.05, 0) is 25.8 Å². The van der Waals surface area contributed by atoms with Crippen LogP contribution in [-0.4, -0.2) is 19.2 Å². The maximum atomic E-state index is 11.4. The molecule has 0 N–H and O–H groups in total. The highest BCUT2D eigenvalue weighted by molar-refractivity contribution is 5.69. The molecule has 0 amide bonds. The smallest absolute Gasteiger partial charge is 0.305 e. The number of hydrogen-bond acceptors (Lipinski definition) is 3. The second-order valence-corrected chi connectivity index (χ2v) is 5.51. The van der Waals surface area contributed by atoms with Crippen molar-refractivity contribution in [1.82, 2.24) is 0 Å². The van der Waals surface area contributed by atoms with Crippen LogP contribution >= 0.6 is 0 Å². The molecule has 0 saturated carbocycles. The molecule has 0 atom stereocenters. The van der Waals surface area contributed by atoms with Crippen molar-refractivity contribution in [2.45, 2.75) is 78.6 Å². The third-order valence-corrected chi connectivity index (χ3v) is 2.97. The van der Waals surface area contributed by atoms with Crippen LogP contribution in [0.1, 0.15) is 78.6 Å². The van der Waals surface area contributed by atoms with Crippen LogP contribution in [0.3, 0.4) is 0 Å². The van der Waals surface area contributed by atoms with E-state index in [-0.39, 0.29) is 5.97 Å². The van der Waals surface area contributed by atoms with Crippen molar-refractivity contribution in [2.75, 3.05) is 13.2 Å². The molecule has 0 fully saturated rings. The van der Waals surface area contributed by atoms with E-state index in [1.807, 2.05) is 13.8 Å². The molecule has 3 nitrogen and oxygen atoms in total. The SMILES string of the molecule is CCCCCCCCCC(=O)OCCCOC=C(C)C. The minimum absolute atomic E-state index is 0.0687. The second kappa shape index (κ2) is 14.4. The summed E-state index contributed by atoms with van der Waals surface area (Å²) in [6, 6.07) is 0. The van der Waals surface area contributed by atoms with Crippen LogP contribution in [0.2, 0.25) is 0 Å². The summed E-state index contributed by atoms with van der Waals surface area (Å²) < 4.78 is 10.4. The molecule has 20 heavy (non-hydrogen) atoms. The number of carbonyl (C=O) groups is 1. The van der Waals surface area contributed by atoms with Crippen LogP contribution in [0.5, 0.6) is 0 Å². The van der Waals surface area contributed by atoms with Crippen LogP contribution in [0, 0.1) is 0 Å². The number of carbonyl (C=O) groups excluding carboxylic acids is 1. The van der Waals surface area contributed by atoms with E-state index in [9.17, 15) is 4.79 Å². The fourth-order valence-corrected chi connectivity index (χ4v) is 1.85. The van der Waals surface area contributed by atoms with Gasteiger partial charge in [0.2, 0.25) is 0 Å². The summed E-state index contributed by atoms with van der Waals surface area (Å²) in [6.07, 6.45) is 11.6. The van der Waals surface area contributed by atoms with Gasteiger partial charge in [-0.3, -0.25) is 4.79 Å². The fourth-order valence-electron chi connectivity index (χ4n) is 1.85. The summed E-state index contributed by atoms with van der Waals surface area (Å²) in [5.41, 5.74) is 1.14. The predicted molar refractivity (Wildman–Crippen MR) is 83.6 cm³/mol. The van der Waals surface area contributed by atoms with Crippen molar-refractivity contribution in [3.63, 3.8) is 0 Å². The number of ether oxygens (including phenoxy) is 2. The van der Waals surface area contributed by atoms with E-state index in [0.717, 1.165) is 24.8 Å². The van der Waals surface area contributed by atoms with Gasteiger partial charge in [0, 0.05) is 12.8 Å². The molecule has 0 aromatic rings. The number of rotatable bonds is 13. The van der Waals surface area contributed by atoms with Crippen LogP contribution < -0.4 is 0 Å². The summed E-state index contributed by atoms with van der Waals surface area (Å²) in [4.78, 5) is 11.4. The molecule has 0 bridgehead atoms. The Hall–Kier alpha value is -0.990. The average Bonchev–Trinajstić information content (AvgIpc) is 2.41. The van der Waals surface area contributed by atoms with E-state index in [2.05, 4.69) is 6.92 Å². The normalized spacial score (nSPS) is 10.2. The van der Waals surface area contributed by atoms with Gasteiger partial charge in [0.05, 0.1) is 19.5 Å². The summed E-state index contributed by atoms with van der Waals surface area (Å²) in [5.74, 6) is -0.0687. The highest BCUT2D eigenvalue weighted by Crippen LogP contribution is 2.08. The Morgan fingerprint density at radius 3 is 2.20 bits per heavy atom. The molecule has 0 heterocycles. The molecule has 118 valence electrons. The van der Waals surface area contributed by atoms with Crippen LogP contribution in [0.25, 0.3) is 0 Å². The Balaban J connectivity index is 3.23. The number of hydrogen-bond donors (Lipinski definition) is 0. The first kappa shape index (κ1) is 19.0. The van der Waals surface area contributed by atoms with Crippen molar-refractivity contribution in [1.29, 1.82) is 0 Å². The largest absolute Gasteiger partial charge is 0.501 e. The van der Waals surface area contributed by atoms with Gasteiger partial charge in [0.25, 0.3) is 0 Å². The molecule has 3 heteroatoms. The Bertz CT molecular complexity index is 255.